The first-order valence-electron chi connectivity index (χ1n) is 5.59. The van der Waals surface area contributed by atoms with E-state index in [-0.39, 0.29) is 17.1 Å². The Kier molecular flexibility index (Phi) is 4.18. The minimum absolute atomic E-state index is 0.0382. The summed E-state index contributed by atoms with van der Waals surface area (Å²) in [5.74, 6) is -1.86. The Hall–Kier alpha value is -2.48. The summed E-state index contributed by atoms with van der Waals surface area (Å²) in [5.41, 5.74) is 4.54. The minimum Gasteiger partial charge on any atom is -0.447 e. The van der Waals surface area contributed by atoms with Crippen LogP contribution in [0.4, 0.5) is 10.1 Å². The first-order valence-corrected chi connectivity index (χ1v) is 6.39. The van der Waals surface area contributed by atoms with Crippen molar-refractivity contribution in [2.75, 3.05) is 0 Å². The zero-order valence-corrected chi connectivity index (χ0v) is 12.0. The molecule has 21 heavy (non-hydrogen) atoms. The van der Waals surface area contributed by atoms with Gasteiger partial charge < -0.3 is 10.5 Å². The smallest absolute Gasteiger partial charge is 0.312 e. The highest BCUT2D eigenvalue weighted by Gasteiger charge is 2.19. The normalized spacial score (nSPS) is 10.2. The fraction of sp³-hybridized carbons (Fsp3) is 0. The fourth-order valence-electron chi connectivity index (χ4n) is 1.57. The van der Waals surface area contributed by atoms with Crippen LogP contribution in [0.1, 0.15) is 10.4 Å². The molecule has 2 aromatic carbocycles. The van der Waals surface area contributed by atoms with Gasteiger partial charge in [0.1, 0.15) is 0 Å². The average Bonchev–Trinajstić information content (AvgIpc) is 2.42. The fourth-order valence-corrected chi connectivity index (χ4v) is 1.91. The number of hydrogen-bond acceptors (Lipinski definition) is 4. The van der Waals surface area contributed by atoms with Crippen molar-refractivity contribution in [3.63, 3.8) is 0 Å². The predicted molar refractivity (Wildman–Crippen MR) is 75.8 cm³/mol. The van der Waals surface area contributed by atoms with Gasteiger partial charge in [0.2, 0.25) is 11.7 Å². The molecular weight excluding hydrogens is 347 g/mol. The molecule has 1 amide bonds. The third-order valence-electron chi connectivity index (χ3n) is 2.55. The van der Waals surface area contributed by atoms with Gasteiger partial charge in [-0.05, 0) is 30.3 Å². The van der Waals surface area contributed by atoms with Crippen LogP contribution in [0.3, 0.4) is 0 Å². The Labute approximate surface area is 126 Å². The van der Waals surface area contributed by atoms with Gasteiger partial charge in [-0.15, -0.1) is 0 Å². The third-order valence-corrected chi connectivity index (χ3v) is 3.05. The summed E-state index contributed by atoms with van der Waals surface area (Å²) in [6, 6.07) is 7.39. The van der Waals surface area contributed by atoms with Crippen molar-refractivity contribution in [3.8, 4) is 11.5 Å². The molecular formula is C13H8BrFN2O4. The topological polar surface area (TPSA) is 95.5 Å². The van der Waals surface area contributed by atoms with Crippen LogP contribution in [0.5, 0.6) is 11.5 Å². The number of benzene rings is 2. The molecule has 0 atom stereocenters. The zero-order chi connectivity index (χ0) is 15.6. The number of nitro groups is 1. The highest BCUT2D eigenvalue weighted by atomic mass is 79.9. The monoisotopic (exact) mass is 354 g/mol. The number of amides is 1. The number of nitrogens with zero attached hydrogens (tertiary/aromatic N) is 1. The van der Waals surface area contributed by atoms with Crippen LogP contribution >= 0.6 is 15.9 Å². The lowest BCUT2D eigenvalue weighted by Crippen LogP contribution is -2.11. The van der Waals surface area contributed by atoms with E-state index >= 15 is 0 Å². The summed E-state index contributed by atoms with van der Waals surface area (Å²) in [6.07, 6.45) is 0. The molecule has 0 unspecified atom stereocenters. The van der Waals surface area contributed by atoms with Gasteiger partial charge in [-0.3, -0.25) is 14.9 Å². The summed E-state index contributed by atoms with van der Waals surface area (Å²) >= 11 is 3.15. The predicted octanol–water partition coefficient (Wildman–Crippen LogP) is 3.39. The number of carbonyl (C=O) groups is 1. The minimum atomic E-state index is -0.807. The van der Waals surface area contributed by atoms with Crippen molar-refractivity contribution in [1.29, 1.82) is 0 Å². The van der Waals surface area contributed by atoms with Crippen LogP contribution in [-0.2, 0) is 0 Å². The Balaban J connectivity index is 2.46. The van der Waals surface area contributed by atoms with Gasteiger partial charge in [0, 0.05) is 16.1 Å². The first kappa shape index (κ1) is 14.9. The maximum absolute atomic E-state index is 13.6. The molecule has 0 aliphatic carbocycles. The van der Waals surface area contributed by atoms with Crippen LogP contribution < -0.4 is 10.5 Å². The van der Waals surface area contributed by atoms with Crippen LogP contribution in [0.25, 0.3) is 0 Å². The highest BCUT2D eigenvalue weighted by Crippen LogP contribution is 2.34. The van der Waals surface area contributed by atoms with Crippen LogP contribution in [0.15, 0.2) is 40.9 Å². The number of carbonyl (C=O) groups excluding carboxylic acids is 1. The SMILES string of the molecule is NC(=O)c1ccc(Oc2cc(Br)ccc2F)c([N+](=O)[O-])c1. The van der Waals surface area contributed by atoms with Crippen molar-refractivity contribution in [3.05, 3.63) is 62.4 Å². The number of nitro benzene ring substituents is 1. The molecule has 0 aliphatic rings. The summed E-state index contributed by atoms with van der Waals surface area (Å²) in [6.45, 7) is 0. The van der Waals surface area contributed by atoms with E-state index in [0.29, 0.717) is 4.47 Å². The Morgan fingerprint density at radius 2 is 1.95 bits per heavy atom. The van der Waals surface area contributed by atoms with Crippen LogP contribution in [0, 0.1) is 15.9 Å². The first-order chi connectivity index (χ1) is 9.88. The number of halogens is 2. The molecule has 8 heteroatoms. The molecule has 0 bridgehead atoms. The van der Waals surface area contributed by atoms with Crippen molar-refractivity contribution in [1.82, 2.24) is 0 Å². The molecule has 0 aromatic heterocycles. The van der Waals surface area contributed by atoms with Gasteiger partial charge in [-0.1, -0.05) is 15.9 Å². The second kappa shape index (κ2) is 5.88. The number of hydrogen-bond donors (Lipinski definition) is 1. The second-order valence-electron chi connectivity index (χ2n) is 3.98. The molecule has 2 N–H and O–H groups in total. The lowest BCUT2D eigenvalue weighted by Gasteiger charge is -2.08. The molecule has 0 radical (unpaired) electrons. The van der Waals surface area contributed by atoms with Gasteiger partial charge in [0.15, 0.2) is 11.6 Å². The summed E-state index contributed by atoms with van der Waals surface area (Å²) in [4.78, 5) is 21.3. The van der Waals surface area contributed by atoms with E-state index in [2.05, 4.69) is 15.9 Å². The van der Waals surface area contributed by atoms with Gasteiger partial charge in [0.05, 0.1) is 4.92 Å². The molecule has 6 nitrogen and oxygen atoms in total. The van der Waals surface area contributed by atoms with Gasteiger partial charge in [0.25, 0.3) is 0 Å². The molecule has 0 aliphatic heterocycles. The van der Waals surface area contributed by atoms with E-state index in [4.69, 9.17) is 10.5 Å². The Morgan fingerprint density at radius 1 is 1.24 bits per heavy atom. The third kappa shape index (κ3) is 3.34. The molecule has 0 saturated heterocycles. The van der Waals surface area contributed by atoms with Gasteiger partial charge in [-0.25, -0.2) is 4.39 Å². The Bertz CT molecular complexity index is 736. The maximum Gasteiger partial charge on any atom is 0.312 e. The van der Waals surface area contributed by atoms with E-state index in [0.717, 1.165) is 12.1 Å². The molecule has 2 rings (SSSR count). The van der Waals surface area contributed by atoms with Crippen molar-refractivity contribution >= 4 is 27.5 Å². The zero-order valence-electron chi connectivity index (χ0n) is 10.4. The van der Waals surface area contributed by atoms with E-state index in [1.165, 1.54) is 24.3 Å². The standard InChI is InChI=1S/C13H8BrFN2O4/c14-8-2-3-9(15)12(6-8)21-11-4-1-7(13(16)18)5-10(11)17(19)20/h1-6H,(H2,16,18). The molecule has 0 fully saturated rings. The van der Waals surface area contributed by atoms with Crippen molar-refractivity contribution < 1.29 is 18.8 Å². The van der Waals surface area contributed by atoms with E-state index < -0.39 is 22.3 Å². The molecule has 0 spiro atoms. The summed E-state index contributed by atoms with van der Waals surface area (Å²) < 4.78 is 19.4. The lowest BCUT2D eigenvalue weighted by molar-refractivity contribution is -0.385. The van der Waals surface area contributed by atoms with E-state index in [9.17, 15) is 19.3 Å². The number of ether oxygens (including phenoxy) is 1. The molecule has 0 saturated carbocycles. The van der Waals surface area contributed by atoms with Gasteiger partial charge in [-0.2, -0.15) is 0 Å². The molecule has 108 valence electrons. The number of primary amides is 1. The maximum atomic E-state index is 13.6. The van der Waals surface area contributed by atoms with Crippen molar-refractivity contribution in [2.45, 2.75) is 0 Å². The largest absolute Gasteiger partial charge is 0.447 e. The summed E-state index contributed by atoms with van der Waals surface area (Å²) in [5, 5.41) is 11.0. The number of rotatable bonds is 4. The molecule has 0 heterocycles. The Morgan fingerprint density at radius 3 is 2.57 bits per heavy atom. The van der Waals surface area contributed by atoms with Crippen molar-refractivity contribution in [2.24, 2.45) is 5.73 Å². The quantitative estimate of drug-likeness (QED) is 0.672. The highest BCUT2D eigenvalue weighted by molar-refractivity contribution is 9.10. The van der Waals surface area contributed by atoms with E-state index in [1.807, 2.05) is 0 Å². The average molecular weight is 355 g/mol. The van der Waals surface area contributed by atoms with Crippen LogP contribution in [-0.4, -0.2) is 10.8 Å². The van der Waals surface area contributed by atoms with Crippen LogP contribution in [0.2, 0.25) is 0 Å². The summed E-state index contributed by atoms with van der Waals surface area (Å²) in [7, 11) is 0. The molecule has 2 aromatic rings. The van der Waals surface area contributed by atoms with E-state index in [1.54, 1.807) is 0 Å². The lowest BCUT2D eigenvalue weighted by atomic mass is 10.2. The number of nitrogens with two attached hydrogens (primary N) is 1. The van der Waals surface area contributed by atoms with Gasteiger partial charge >= 0.3 is 5.69 Å². The second-order valence-corrected chi connectivity index (χ2v) is 4.90.